The maximum absolute atomic E-state index is 12.6. The summed E-state index contributed by atoms with van der Waals surface area (Å²) >= 11 is 6.05. The summed E-state index contributed by atoms with van der Waals surface area (Å²) in [6, 6.07) is 17.3. The van der Waals surface area contributed by atoms with Crippen LogP contribution in [0.5, 0.6) is 11.5 Å². The molecule has 1 aliphatic heterocycles. The highest BCUT2D eigenvalue weighted by molar-refractivity contribution is 6.33. The van der Waals surface area contributed by atoms with E-state index in [-0.39, 0.29) is 17.5 Å². The molecule has 0 saturated carbocycles. The number of anilines is 1. The molecule has 148 valence electrons. The minimum atomic E-state index is -0.461. The quantitative estimate of drug-likeness (QED) is 0.699. The number of nitrogens with zero attached hydrogens (tertiary/aromatic N) is 3. The van der Waals surface area contributed by atoms with Gasteiger partial charge in [0, 0.05) is 19.6 Å². The lowest BCUT2D eigenvalue weighted by atomic mass is 10.2. The number of ether oxygens (including phenoxy) is 1. The second kappa shape index (κ2) is 8.36. The van der Waals surface area contributed by atoms with Crippen molar-refractivity contribution in [2.75, 3.05) is 24.5 Å². The van der Waals surface area contributed by atoms with Gasteiger partial charge in [-0.3, -0.25) is 9.59 Å². The summed E-state index contributed by atoms with van der Waals surface area (Å²) in [6.07, 6.45) is 1.47. The summed E-state index contributed by atoms with van der Waals surface area (Å²) in [5.74, 6) is 1.49. The Kier molecular flexibility index (Phi) is 5.48. The first-order chi connectivity index (χ1) is 14.1. The Morgan fingerprint density at radius 3 is 2.45 bits per heavy atom. The van der Waals surface area contributed by atoms with E-state index in [1.165, 1.54) is 6.20 Å². The zero-order valence-electron chi connectivity index (χ0n) is 15.5. The molecule has 0 spiro atoms. The molecule has 0 radical (unpaired) electrons. The van der Waals surface area contributed by atoms with Gasteiger partial charge < -0.3 is 14.5 Å². The van der Waals surface area contributed by atoms with E-state index in [1.807, 2.05) is 54.6 Å². The van der Waals surface area contributed by atoms with E-state index in [2.05, 4.69) is 10.2 Å². The average molecular weight is 411 g/mol. The lowest BCUT2D eigenvalue weighted by molar-refractivity contribution is -0.131. The number of nitrogens with one attached hydrogen (secondary N) is 1. The molecule has 1 aliphatic rings. The van der Waals surface area contributed by atoms with Crippen molar-refractivity contribution in [1.82, 2.24) is 15.1 Å². The second-order valence-corrected chi connectivity index (χ2v) is 7.07. The third-order valence-corrected chi connectivity index (χ3v) is 5.08. The minimum Gasteiger partial charge on any atom is -0.457 e. The number of carbonyl (C=O) groups excluding carboxylic acids is 1. The van der Waals surface area contributed by atoms with E-state index in [0.717, 1.165) is 17.1 Å². The SMILES string of the molecule is O=C1CN(c2cn[nH]c(=O)c2Cl)CCN1Cc1ccc(Oc2ccccc2)cc1. The van der Waals surface area contributed by atoms with Gasteiger partial charge in [0.2, 0.25) is 5.91 Å². The molecule has 0 atom stereocenters. The average Bonchev–Trinajstić information content (AvgIpc) is 2.74. The Labute approximate surface area is 172 Å². The van der Waals surface area contributed by atoms with Gasteiger partial charge in [-0.1, -0.05) is 41.9 Å². The Balaban J connectivity index is 1.37. The molecule has 8 heteroatoms. The number of hydrogen-bond acceptors (Lipinski definition) is 5. The number of amides is 1. The van der Waals surface area contributed by atoms with Crippen molar-refractivity contribution in [1.29, 1.82) is 0 Å². The number of piperazine rings is 1. The lowest BCUT2D eigenvalue weighted by Gasteiger charge is -2.35. The highest BCUT2D eigenvalue weighted by atomic mass is 35.5. The Bertz CT molecular complexity index is 1050. The van der Waals surface area contributed by atoms with Crippen LogP contribution in [0.3, 0.4) is 0 Å². The maximum Gasteiger partial charge on any atom is 0.285 e. The van der Waals surface area contributed by atoms with E-state index in [1.54, 1.807) is 9.80 Å². The van der Waals surface area contributed by atoms with Crippen LogP contribution in [0.1, 0.15) is 5.56 Å². The predicted octanol–water partition coefficient (Wildman–Crippen LogP) is 3.06. The number of H-pyrrole nitrogens is 1. The molecular formula is C21H19ClN4O3. The van der Waals surface area contributed by atoms with Crippen LogP contribution < -0.4 is 15.2 Å². The number of halogens is 1. The standard InChI is InChI=1S/C21H19ClN4O3/c22-20-18(12-23-24-21(20)28)25-10-11-26(19(27)14-25)13-15-6-8-17(9-7-15)29-16-4-2-1-3-5-16/h1-9,12H,10-11,13-14H2,(H,24,28). The molecule has 0 aliphatic carbocycles. The minimum absolute atomic E-state index is 0.0304. The van der Waals surface area contributed by atoms with Crippen LogP contribution in [0, 0.1) is 0 Å². The second-order valence-electron chi connectivity index (χ2n) is 6.69. The van der Waals surface area contributed by atoms with Crippen molar-refractivity contribution in [2.45, 2.75) is 6.54 Å². The van der Waals surface area contributed by atoms with Gasteiger partial charge in [-0.2, -0.15) is 5.10 Å². The highest BCUT2D eigenvalue weighted by Gasteiger charge is 2.26. The fraction of sp³-hybridized carbons (Fsp3) is 0.190. The van der Waals surface area contributed by atoms with E-state index in [4.69, 9.17) is 16.3 Å². The van der Waals surface area contributed by atoms with Gasteiger partial charge in [0.1, 0.15) is 16.5 Å². The molecule has 1 aromatic heterocycles. The van der Waals surface area contributed by atoms with Crippen LogP contribution in [-0.2, 0) is 11.3 Å². The Hall–Kier alpha value is -3.32. The maximum atomic E-state index is 12.6. The zero-order chi connectivity index (χ0) is 20.2. The van der Waals surface area contributed by atoms with Crippen molar-refractivity contribution in [3.8, 4) is 11.5 Å². The zero-order valence-corrected chi connectivity index (χ0v) is 16.3. The van der Waals surface area contributed by atoms with Crippen molar-refractivity contribution in [3.05, 3.63) is 81.7 Å². The Morgan fingerprint density at radius 1 is 1.00 bits per heavy atom. The molecule has 3 aromatic rings. The molecular weight excluding hydrogens is 392 g/mol. The number of carbonyl (C=O) groups is 1. The number of benzene rings is 2. The summed E-state index contributed by atoms with van der Waals surface area (Å²) < 4.78 is 5.79. The molecule has 1 amide bonds. The van der Waals surface area contributed by atoms with Crippen LogP contribution in [0.4, 0.5) is 5.69 Å². The van der Waals surface area contributed by atoms with Crippen molar-refractivity contribution in [3.63, 3.8) is 0 Å². The molecule has 2 heterocycles. The van der Waals surface area contributed by atoms with Crippen LogP contribution in [0.2, 0.25) is 5.02 Å². The topological polar surface area (TPSA) is 78.5 Å². The summed E-state index contributed by atoms with van der Waals surface area (Å²) in [6.45, 7) is 1.77. The number of para-hydroxylation sites is 1. The molecule has 1 saturated heterocycles. The first kappa shape index (κ1) is 19.0. The lowest BCUT2D eigenvalue weighted by Crippen LogP contribution is -2.50. The van der Waals surface area contributed by atoms with Gasteiger partial charge in [0.25, 0.3) is 5.56 Å². The number of hydrogen-bond donors (Lipinski definition) is 1. The Morgan fingerprint density at radius 2 is 1.72 bits per heavy atom. The summed E-state index contributed by atoms with van der Waals surface area (Å²) in [7, 11) is 0. The van der Waals surface area contributed by atoms with Crippen molar-refractivity contribution >= 4 is 23.2 Å². The molecule has 0 unspecified atom stereocenters. The number of rotatable bonds is 5. The van der Waals surface area contributed by atoms with Gasteiger partial charge >= 0.3 is 0 Å². The predicted molar refractivity (Wildman–Crippen MR) is 110 cm³/mol. The molecule has 1 N–H and O–H groups in total. The fourth-order valence-electron chi connectivity index (χ4n) is 3.18. The summed E-state index contributed by atoms with van der Waals surface area (Å²) in [5, 5.41) is 6.10. The molecule has 0 bridgehead atoms. The van der Waals surface area contributed by atoms with Gasteiger partial charge in [-0.05, 0) is 29.8 Å². The first-order valence-electron chi connectivity index (χ1n) is 9.18. The van der Waals surface area contributed by atoms with Crippen LogP contribution in [0.25, 0.3) is 0 Å². The van der Waals surface area contributed by atoms with Gasteiger partial charge in [-0.25, -0.2) is 5.10 Å². The normalized spacial score (nSPS) is 14.2. The summed E-state index contributed by atoms with van der Waals surface area (Å²) in [5.41, 5.74) is 1.03. The first-order valence-corrected chi connectivity index (χ1v) is 9.56. The van der Waals surface area contributed by atoms with Gasteiger partial charge in [-0.15, -0.1) is 0 Å². The van der Waals surface area contributed by atoms with E-state index in [0.29, 0.717) is 25.3 Å². The van der Waals surface area contributed by atoms with E-state index in [9.17, 15) is 9.59 Å². The van der Waals surface area contributed by atoms with Crippen molar-refractivity contribution in [2.24, 2.45) is 0 Å². The molecule has 4 rings (SSSR count). The fourth-order valence-corrected chi connectivity index (χ4v) is 3.39. The molecule has 1 fully saturated rings. The number of aromatic nitrogens is 2. The molecule has 29 heavy (non-hydrogen) atoms. The largest absolute Gasteiger partial charge is 0.457 e. The number of aromatic amines is 1. The third-order valence-electron chi connectivity index (χ3n) is 4.71. The van der Waals surface area contributed by atoms with E-state index >= 15 is 0 Å². The highest BCUT2D eigenvalue weighted by Crippen LogP contribution is 2.24. The monoisotopic (exact) mass is 410 g/mol. The van der Waals surface area contributed by atoms with Crippen molar-refractivity contribution < 1.29 is 9.53 Å². The molecule has 7 nitrogen and oxygen atoms in total. The van der Waals surface area contributed by atoms with Gasteiger partial charge in [0.05, 0.1) is 18.4 Å². The van der Waals surface area contributed by atoms with Crippen LogP contribution in [-0.4, -0.2) is 40.6 Å². The third kappa shape index (κ3) is 4.41. The van der Waals surface area contributed by atoms with Crippen LogP contribution in [0.15, 0.2) is 65.6 Å². The summed E-state index contributed by atoms with van der Waals surface area (Å²) in [4.78, 5) is 27.8. The van der Waals surface area contributed by atoms with E-state index < -0.39 is 5.56 Å². The molecule has 2 aromatic carbocycles. The van der Waals surface area contributed by atoms with Crippen LogP contribution >= 0.6 is 11.6 Å². The smallest absolute Gasteiger partial charge is 0.285 e. The van der Waals surface area contributed by atoms with Gasteiger partial charge in [0.15, 0.2) is 0 Å².